The van der Waals surface area contributed by atoms with Crippen molar-refractivity contribution in [2.45, 2.75) is 90.5 Å². The van der Waals surface area contributed by atoms with E-state index in [1.54, 1.807) is 32.4 Å². The van der Waals surface area contributed by atoms with E-state index >= 15 is 0 Å². The van der Waals surface area contributed by atoms with Crippen LogP contribution < -0.4 is 5.32 Å². The summed E-state index contributed by atoms with van der Waals surface area (Å²) in [6, 6.07) is 5.39. The number of rotatable bonds is 13. The molecule has 2 aromatic rings. The van der Waals surface area contributed by atoms with Gasteiger partial charge in [-0.2, -0.15) is 13.2 Å². The Morgan fingerprint density at radius 2 is 1.80 bits per heavy atom. The van der Waals surface area contributed by atoms with Crippen LogP contribution >= 0.6 is 0 Å². The number of halogens is 3. The number of benzene rings is 1. The molecule has 0 saturated carbocycles. The SMILES string of the molecule is C=C(COC)c1ccc2c(c1)nc([C@H](COC(C)(C)C(F)(F)F)NC(=O)OC(C)(C)C)n2COCC[Si](C)(C)C. The van der Waals surface area contributed by atoms with Crippen molar-refractivity contribution >= 4 is 30.8 Å². The molecule has 0 unspecified atom stereocenters. The van der Waals surface area contributed by atoms with E-state index in [0.717, 1.165) is 31.0 Å². The van der Waals surface area contributed by atoms with Gasteiger partial charge in [0.2, 0.25) is 0 Å². The summed E-state index contributed by atoms with van der Waals surface area (Å²) < 4.78 is 64.5. The summed E-state index contributed by atoms with van der Waals surface area (Å²) in [5.74, 6) is 0.279. The van der Waals surface area contributed by atoms with Crippen molar-refractivity contribution in [3.8, 4) is 0 Å². The number of hydrogen-bond donors (Lipinski definition) is 1. The predicted octanol–water partition coefficient (Wildman–Crippen LogP) is 6.93. The lowest BCUT2D eigenvalue weighted by Crippen LogP contribution is -2.45. The van der Waals surface area contributed by atoms with E-state index in [4.69, 9.17) is 23.9 Å². The molecule has 40 heavy (non-hydrogen) atoms. The zero-order valence-corrected chi connectivity index (χ0v) is 26.1. The van der Waals surface area contributed by atoms with Gasteiger partial charge in [0.1, 0.15) is 24.2 Å². The van der Waals surface area contributed by atoms with Crippen LogP contribution in [0, 0.1) is 0 Å². The Labute approximate surface area is 236 Å². The molecule has 0 fully saturated rings. The summed E-state index contributed by atoms with van der Waals surface area (Å²) >= 11 is 0. The van der Waals surface area contributed by atoms with E-state index in [9.17, 15) is 18.0 Å². The van der Waals surface area contributed by atoms with Crippen molar-refractivity contribution in [3.05, 3.63) is 36.2 Å². The highest BCUT2D eigenvalue weighted by atomic mass is 28.3. The lowest BCUT2D eigenvalue weighted by Gasteiger charge is -2.30. The van der Waals surface area contributed by atoms with Crippen molar-refractivity contribution in [3.63, 3.8) is 0 Å². The van der Waals surface area contributed by atoms with Gasteiger partial charge in [0.05, 0.1) is 24.2 Å². The van der Waals surface area contributed by atoms with Crippen LogP contribution in [-0.4, -0.2) is 68.0 Å². The number of carbonyl (C=O) groups excluding carboxylic acids is 1. The normalized spacial score (nSPS) is 13.9. The topological polar surface area (TPSA) is 83.8 Å². The molecule has 1 N–H and O–H groups in total. The number of amides is 1. The highest BCUT2D eigenvalue weighted by Crippen LogP contribution is 2.34. The molecule has 1 aromatic carbocycles. The Bertz CT molecular complexity index is 1170. The maximum absolute atomic E-state index is 13.6. The third kappa shape index (κ3) is 9.90. The summed E-state index contributed by atoms with van der Waals surface area (Å²) in [5.41, 5.74) is -0.497. The second-order valence-corrected chi connectivity index (χ2v) is 18.1. The third-order valence-electron chi connectivity index (χ3n) is 6.02. The summed E-state index contributed by atoms with van der Waals surface area (Å²) in [6.45, 7) is 18.1. The summed E-state index contributed by atoms with van der Waals surface area (Å²) in [7, 11) is 0.209. The first-order valence-corrected chi connectivity index (χ1v) is 16.9. The Morgan fingerprint density at radius 1 is 1.15 bits per heavy atom. The van der Waals surface area contributed by atoms with Crippen molar-refractivity contribution in [1.82, 2.24) is 14.9 Å². The van der Waals surface area contributed by atoms with Crippen LogP contribution in [0.2, 0.25) is 25.7 Å². The molecule has 8 nitrogen and oxygen atoms in total. The monoisotopic (exact) mass is 587 g/mol. The van der Waals surface area contributed by atoms with Crippen molar-refractivity contribution in [2.75, 3.05) is 26.9 Å². The lowest BCUT2D eigenvalue weighted by molar-refractivity contribution is -0.265. The number of carbonyl (C=O) groups is 1. The molecule has 0 radical (unpaired) electrons. The first-order chi connectivity index (χ1) is 18.2. The minimum atomic E-state index is -4.62. The quantitative estimate of drug-likeness (QED) is 0.202. The molecular formula is C28H44F3N3O5Si. The Hall–Kier alpha value is -2.41. The molecule has 1 aromatic heterocycles. The van der Waals surface area contributed by atoms with E-state index in [2.05, 4.69) is 31.5 Å². The third-order valence-corrected chi connectivity index (χ3v) is 7.72. The van der Waals surface area contributed by atoms with Crippen LogP contribution in [0.5, 0.6) is 0 Å². The lowest BCUT2D eigenvalue weighted by atomic mass is 10.1. The number of methoxy groups -OCH3 is 1. The maximum atomic E-state index is 13.6. The summed E-state index contributed by atoms with van der Waals surface area (Å²) in [5, 5.41) is 2.66. The average Bonchev–Trinajstić information content (AvgIpc) is 3.14. The number of nitrogens with one attached hydrogen (secondary N) is 1. The van der Waals surface area contributed by atoms with Gasteiger partial charge in [0.25, 0.3) is 0 Å². The Kier molecular flexibility index (Phi) is 11.0. The van der Waals surface area contributed by atoms with E-state index in [0.29, 0.717) is 24.2 Å². The first kappa shape index (κ1) is 33.8. The molecule has 0 aliphatic rings. The summed E-state index contributed by atoms with van der Waals surface area (Å²) in [6.07, 6.45) is -5.43. The molecule has 1 atom stereocenters. The van der Waals surface area contributed by atoms with E-state index in [-0.39, 0.29) is 12.6 Å². The molecule has 0 aliphatic heterocycles. The molecule has 0 saturated heterocycles. The highest BCUT2D eigenvalue weighted by Gasteiger charge is 2.49. The molecule has 0 bridgehead atoms. The van der Waals surface area contributed by atoms with Gasteiger partial charge in [-0.15, -0.1) is 0 Å². The molecule has 0 aliphatic carbocycles. The predicted molar refractivity (Wildman–Crippen MR) is 153 cm³/mol. The highest BCUT2D eigenvalue weighted by molar-refractivity contribution is 6.76. The smallest absolute Gasteiger partial charge is 0.416 e. The fourth-order valence-electron chi connectivity index (χ4n) is 3.57. The number of imidazole rings is 1. The van der Waals surface area contributed by atoms with Gasteiger partial charge >= 0.3 is 12.3 Å². The van der Waals surface area contributed by atoms with Crippen molar-refractivity contribution in [1.29, 1.82) is 0 Å². The van der Waals surface area contributed by atoms with Gasteiger partial charge in [0, 0.05) is 21.8 Å². The number of alkyl carbamates (subject to hydrolysis) is 1. The molecule has 226 valence electrons. The fraction of sp³-hybridized carbons (Fsp3) is 0.643. The number of aromatic nitrogens is 2. The van der Waals surface area contributed by atoms with Gasteiger partial charge in [-0.1, -0.05) is 32.3 Å². The van der Waals surface area contributed by atoms with Gasteiger partial charge < -0.3 is 28.8 Å². The minimum absolute atomic E-state index is 0.0871. The second kappa shape index (κ2) is 13.0. The van der Waals surface area contributed by atoms with Crippen LogP contribution in [0.4, 0.5) is 18.0 Å². The number of fused-ring (bicyclic) bond motifs is 1. The Balaban J connectivity index is 2.55. The molecular weight excluding hydrogens is 543 g/mol. The van der Waals surface area contributed by atoms with Crippen LogP contribution in [0.3, 0.4) is 0 Å². The standard InChI is InChI=1S/C28H44F3N3O5Si/c1-19(16-36-7)20-11-12-23-21(15-20)32-24(34(23)18-37-13-14-40(8,9)10)22(33-25(35)39-26(2,3)4)17-38-27(5,6)28(29,30)31/h11-12,15,22H,1,13-14,16-18H2,2-10H3,(H,33,35)/t22-/m0/s1. The summed E-state index contributed by atoms with van der Waals surface area (Å²) in [4.78, 5) is 17.5. The molecule has 0 spiro atoms. The Morgan fingerprint density at radius 3 is 2.35 bits per heavy atom. The van der Waals surface area contributed by atoms with Gasteiger partial charge in [0.15, 0.2) is 5.60 Å². The van der Waals surface area contributed by atoms with Crippen molar-refractivity contribution < 1.29 is 36.9 Å². The van der Waals surface area contributed by atoms with Gasteiger partial charge in [-0.3, -0.25) is 0 Å². The maximum Gasteiger partial charge on any atom is 0.416 e. The van der Waals surface area contributed by atoms with E-state index in [1.807, 2.05) is 18.2 Å². The number of nitrogens with zero attached hydrogens (tertiary/aromatic N) is 2. The molecule has 2 rings (SSSR count). The first-order valence-electron chi connectivity index (χ1n) is 13.2. The molecule has 1 amide bonds. The van der Waals surface area contributed by atoms with Crippen molar-refractivity contribution in [2.24, 2.45) is 0 Å². The van der Waals surface area contributed by atoms with Gasteiger partial charge in [-0.25, -0.2) is 9.78 Å². The second-order valence-electron chi connectivity index (χ2n) is 12.5. The zero-order valence-electron chi connectivity index (χ0n) is 25.1. The number of ether oxygens (including phenoxy) is 4. The zero-order chi connectivity index (χ0) is 30.5. The largest absolute Gasteiger partial charge is 0.444 e. The molecule has 1 heterocycles. The molecule has 12 heteroatoms. The van der Waals surface area contributed by atoms with E-state index in [1.165, 1.54) is 0 Å². The van der Waals surface area contributed by atoms with E-state index < -0.39 is 44.2 Å². The number of alkyl halides is 3. The van der Waals surface area contributed by atoms with Crippen LogP contribution in [-0.2, 0) is 25.7 Å². The van der Waals surface area contributed by atoms with Crippen LogP contribution in [0.15, 0.2) is 24.8 Å². The minimum Gasteiger partial charge on any atom is -0.444 e. The van der Waals surface area contributed by atoms with Gasteiger partial charge in [-0.05, 0) is 63.9 Å². The average molecular weight is 588 g/mol. The van der Waals surface area contributed by atoms with Crippen LogP contribution in [0.25, 0.3) is 16.6 Å². The van der Waals surface area contributed by atoms with Crippen LogP contribution in [0.1, 0.15) is 52.0 Å². The number of hydrogen-bond acceptors (Lipinski definition) is 6. The fourth-order valence-corrected chi connectivity index (χ4v) is 4.32.